The first-order valence-electron chi connectivity index (χ1n) is 8.10. The Morgan fingerprint density at radius 3 is 2.50 bits per heavy atom. The fourth-order valence-corrected chi connectivity index (χ4v) is 3.16. The van der Waals surface area contributed by atoms with Crippen molar-refractivity contribution >= 4 is 0 Å². The molecule has 0 aliphatic carbocycles. The smallest absolute Gasteiger partial charge is 0.0233 e. The second kappa shape index (κ2) is 7.24. The standard InChI is InChI=1S/C18H30N2/c1-4-19-12-10-16-6-8-17(9-7-16)14-20-13-5-11-18(2,3)15-20/h6-9,19H,4-5,10-15H2,1-3H3. The summed E-state index contributed by atoms with van der Waals surface area (Å²) in [6, 6.07) is 9.20. The fraction of sp³-hybridized carbons (Fsp3) is 0.667. The van der Waals surface area contributed by atoms with Crippen molar-refractivity contribution < 1.29 is 0 Å². The SMILES string of the molecule is CCNCCc1ccc(CN2CCCC(C)(C)C2)cc1. The molecule has 1 saturated heterocycles. The van der Waals surface area contributed by atoms with Gasteiger partial charge in [-0.2, -0.15) is 0 Å². The lowest BCUT2D eigenvalue weighted by Crippen LogP contribution is -2.39. The lowest BCUT2D eigenvalue weighted by atomic mass is 9.84. The van der Waals surface area contributed by atoms with E-state index >= 15 is 0 Å². The largest absolute Gasteiger partial charge is 0.317 e. The zero-order chi connectivity index (χ0) is 14.4. The van der Waals surface area contributed by atoms with Crippen molar-refractivity contribution in [2.75, 3.05) is 26.2 Å². The summed E-state index contributed by atoms with van der Waals surface area (Å²) < 4.78 is 0. The molecule has 1 aromatic rings. The molecule has 0 atom stereocenters. The number of rotatable bonds is 6. The monoisotopic (exact) mass is 274 g/mol. The zero-order valence-electron chi connectivity index (χ0n) is 13.4. The molecule has 0 saturated carbocycles. The summed E-state index contributed by atoms with van der Waals surface area (Å²) in [5.74, 6) is 0. The summed E-state index contributed by atoms with van der Waals surface area (Å²) in [5.41, 5.74) is 3.38. The van der Waals surface area contributed by atoms with E-state index in [9.17, 15) is 0 Å². The van der Waals surface area contributed by atoms with Crippen molar-refractivity contribution in [3.63, 3.8) is 0 Å². The third kappa shape index (κ3) is 4.92. The van der Waals surface area contributed by atoms with Crippen LogP contribution in [0, 0.1) is 5.41 Å². The predicted molar refractivity (Wildman–Crippen MR) is 87.0 cm³/mol. The Morgan fingerprint density at radius 2 is 1.85 bits per heavy atom. The van der Waals surface area contributed by atoms with Gasteiger partial charge < -0.3 is 5.32 Å². The Labute approximate surface area is 124 Å². The first kappa shape index (κ1) is 15.5. The van der Waals surface area contributed by atoms with E-state index in [-0.39, 0.29) is 0 Å². The molecule has 1 aliphatic rings. The van der Waals surface area contributed by atoms with Crippen molar-refractivity contribution in [1.82, 2.24) is 10.2 Å². The van der Waals surface area contributed by atoms with Crippen molar-refractivity contribution in [3.05, 3.63) is 35.4 Å². The Morgan fingerprint density at radius 1 is 1.15 bits per heavy atom. The van der Waals surface area contributed by atoms with E-state index in [0.717, 1.165) is 26.1 Å². The van der Waals surface area contributed by atoms with Gasteiger partial charge in [-0.1, -0.05) is 45.0 Å². The summed E-state index contributed by atoms with van der Waals surface area (Å²) in [7, 11) is 0. The van der Waals surface area contributed by atoms with E-state index in [0.29, 0.717) is 5.41 Å². The summed E-state index contributed by atoms with van der Waals surface area (Å²) in [6.07, 6.45) is 3.84. The molecule has 2 heteroatoms. The number of hydrogen-bond acceptors (Lipinski definition) is 2. The molecular formula is C18H30N2. The maximum Gasteiger partial charge on any atom is 0.0233 e. The topological polar surface area (TPSA) is 15.3 Å². The van der Waals surface area contributed by atoms with E-state index in [1.54, 1.807) is 0 Å². The molecule has 0 aromatic heterocycles. The number of nitrogens with one attached hydrogen (secondary N) is 1. The predicted octanol–water partition coefficient (Wildman–Crippen LogP) is 3.46. The van der Waals surface area contributed by atoms with Gasteiger partial charge in [0.25, 0.3) is 0 Å². The third-order valence-corrected chi connectivity index (χ3v) is 4.25. The lowest BCUT2D eigenvalue weighted by molar-refractivity contribution is 0.111. The van der Waals surface area contributed by atoms with Gasteiger partial charge in [0.2, 0.25) is 0 Å². The molecule has 0 bridgehead atoms. The van der Waals surface area contributed by atoms with Gasteiger partial charge in [-0.25, -0.2) is 0 Å². The summed E-state index contributed by atoms with van der Waals surface area (Å²) in [6.45, 7) is 12.7. The molecule has 0 radical (unpaired) electrons. The quantitative estimate of drug-likeness (QED) is 0.799. The highest BCUT2D eigenvalue weighted by Crippen LogP contribution is 2.29. The second-order valence-corrected chi connectivity index (χ2v) is 6.90. The van der Waals surface area contributed by atoms with Crippen molar-refractivity contribution in [2.24, 2.45) is 5.41 Å². The molecule has 0 spiro atoms. The van der Waals surface area contributed by atoms with Crippen LogP contribution in [0.1, 0.15) is 44.7 Å². The van der Waals surface area contributed by atoms with Gasteiger partial charge in [0.05, 0.1) is 0 Å². The molecule has 0 unspecified atom stereocenters. The first-order chi connectivity index (χ1) is 9.59. The zero-order valence-corrected chi connectivity index (χ0v) is 13.4. The van der Waals surface area contributed by atoms with E-state index in [1.807, 2.05) is 0 Å². The highest BCUT2D eigenvalue weighted by atomic mass is 15.1. The minimum Gasteiger partial charge on any atom is -0.317 e. The van der Waals surface area contributed by atoms with Gasteiger partial charge in [-0.3, -0.25) is 4.90 Å². The third-order valence-electron chi connectivity index (χ3n) is 4.25. The second-order valence-electron chi connectivity index (χ2n) is 6.90. The molecule has 2 nitrogen and oxygen atoms in total. The minimum atomic E-state index is 0.490. The van der Waals surface area contributed by atoms with Crippen LogP contribution in [-0.4, -0.2) is 31.1 Å². The van der Waals surface area contributed by atoms with Crippen LogP contribution in [0.15, 0.2) is 24.3 Å². The molecule has 1 heterocycles. The van der Waals surface area contributed by atoms with Crippen LogP contribution in [-0.2, 0) is 13.0 Å². The van der Waals surface area contributed by atoms with E-state index in [4.69, 9.17) is 0 Å². The molecule has 1 aliphatic heterocycles. The number of likely N-dealkylation sites (N-methyl/N-ethyl adjacent to an activating group) is 1. The maximum absolute atomic E-state index is 3.38. The van der Waals surface area contributed by atoms with Crippen molar-refractivity contribution in [1.29, 1.82) is 0 Å². The number of piperidine rings is 1. The number of nitrogens with zero attached hydrogens (tertiary/aromatic N) is 1. The van der Waals surface area contributed by atoms with Crippen LogP contribution in [0.5, 0.6) is 0 Å². The highest BCUT2D eigenvalue weighted by Gasteiger charge is 2.25. The van der Waals surface area contributed by atoms with Crippen LogP contribution in [0.25, 0.3) is 0 Å². The van der Waals surface area contributed by atoms with E-state index in [1.165, 1.54) is 37.1 Å². The average molecular weight is 274 g/mol. The normalized spacial score (nSPS) is 19.1. The first-order valence-corrected chi connectivity index (χ1v) is 8.10. The summed E-state index contributed by atoms with van der Waals surface area (Å²) in [5, 5.41) is 3.38. The lowest BCUT2D eigenvalue weighted by Gasteiger charge is -2.38. The van der Waals surface area contributed by atoms with Gasteiger partial charge in [0, 0.05) is 13.1 Å². The maximum atomic E-state index is 3.38. The summed E-state index contributed by atoms with van der Waals surface area (Å²) >= 11 is 0. The van der Waals surface area contributed by atoms with Crippen molar-refractivity contribution in [3.8, 4) is 0 Å². The molecule has 112 valence electrons. The van der Waals surface area contributed by atoms with Crippen LogP contribution >= 0.6 is 0 Å². The fourth-order valence-electron chi connectivity index (χ4n) is 3.16. The minimum absolute atomic E-state index is 0.490. The van der Waals surface area contributed by atoms with E-state index in [2.05, 4.69) is 55.3 Å². The van der Waals surface area contributed by atoms with Crippen molar-refractivity contribution in [2.45, 2.75) is 46.6 Å². The Bertz CT molecular complexity index is 394. The van der Waals surface area contributed by atoms with Gasteiger partial charge in [0.1, 0.15) is 0 Å². The van der Waals surface area contributed by atoms with E-state index < -0.39 is 0 Å². The van der Waals surface area contributed by atoms with Gasteiger partial charge in [-0.05, 0) is 55.4 Å². The molecular weight excluding hydrogens is 244 g/mol. The molecule has 1 aromatic carbocycles. The number of benzene rings is 1. The van der Waals surface area contributed by atoms with Crippen LogP contribution in [0.4, 0.5) is 0 Å². The Kier molecular flexibility index (Phi) is 5.62. The Balaban J connectivity index is 1.84. The van der Waals surface area contributed by atoms with Gasteiger partial charge in [0.15, 0.2) is 0 Å². The average Bonchev–Trinajstić information content (AvgIpc) is 2.40. The Hall–Kier alpha value is -0.860. The molecule has 2 rings (SSSR count). The molecule has 20 heavy (non-hydrogen) atoms. The molecule has 0 amide bonds. The van der Waals surface area contributed by atoms with Crippen LogP contribution in [0.2, 0.25) is 0 Å². The van der Waals surface area contributed by atoms with Gasteiger partial charge in [-0.15, -0.1) is 0 Å². The van der Waals surface area contributed by atoms with Crippen LogP contribution in [0.3, 0.4) is 0 Å². The molecule has 1 N–H and O–H groups in total. The number of likely N-dealkylation sites (tertiary alicyclic amines) is 1. The summed E-state index contributed by atoms with van der Waals surface area (Å²) in [4.78, 5) is 2.61. The van der Waals surface area contributed by atoms with Crippen LogP contribution < -0.4 is 5.32 Å². The van der Waals surface area contributed by atoms with Gasteiger partial charge >= 0.3 is 0 Å². The number of hydrogen-bond donors (Lipinski definition) is 1. The molecule has 1 fully saturated rings. The highest BCUT2D eigenvalue weighted by molar-refractivity contribution is 5.22.